The Hall–Kier alpha value is -2.25. The van der Waals surface area contributed by atoms with Gasteiger partial charge in [-0.15, -0.1) is 11.3 Å². The van der Waals surface area contributed by atoms with E-state index in [0.717, 1.165) is 4.88 Å². The van der Waals surface area contributed by atoms with E-state index in [-0.39, 0.29) is 18.1 Å². The number of para-hydroxylation sites is 1. The Morgan fingerprint density at radius 2 is 2.09 bits per heavy atom. The molecule has 0 saturated heterocycles. The van der Waals surface area contributed by atoms with E-state index < -0.39 is 4.92 Å². The van der Waals surface area contributed by atoms with Gasteiger partial charge in [0.25, 0.3) is 5.69 Å². The largest absolute Gasteiger partial charge is 0.350 e. The Balaban J connectivity index is 1.86. The van der Waals surface area contributed by atoms with Crippen molar-refractivity contribution in [3.05, 3.63) is 62.3 Å². The Morgan fingerprint density at radius 1 is 1.32 bits per heavy atom. The van der Waals surface area contributed by atoms with Crippen molar-refractivity contribution in [1.29, 1.82) is 0 Å². The molecule has 0 atom stereocenters. The molecule has 22 heavy (non-hydrogen) atoms. The second-order valence-electron chi connectivity index (χ2n) is 4.91. The maximum absolute atomic E-state index is 11.9. The molecule has 7 heteroatoms. The van der Waals surface area contributed by atoms with Crippen LogP contribution in [-0.4, -0.2) is 29.3 Å². The van der Waals surface area contributed by atoms with Crippen molar-refractivity contribution in [2.75, 3.05) is 13.6 Å². The van der Waals surface area contributed by atoms with Crippen LogP contribution in [0, 0.1) is 10.1 Å². The smallest absolute Gasteiger partial charge is 0.273 e. The molecule has 6 nitrogen and oxygen atoms in total. The van der Waals surface area contributed by atoms with Gasteiger partial charge in [-0.3, -0.25) is 19.8 Å². The lowest BCUT2D eigenvalue weighted by atomic mass is 10.1. The molecule has 0 aliphatic carbocycles. The molecule has 0 bridgehead atoms. The second kappa shape index (κ2) is 7.67. The highest BCUT2D eigenvalue weighted by atomic mass is 32.1. The lowest BCUT2D eigenvalue weighted by molar-refractivity contribution is -0.385. The Bertz CT molecular complexity index is 643. The van der Waals surface area contributed by atoms with Gasteiger partial charge in [0.1, 0.15) is 0 Å². The van der Waals surface area contributed by atoms with E-state index in [0.29, 0.717) is 18.7 Å². The minimum Gasteiger partial charge on any atom is -0.350 e. The Kier molecular flexibility index (Phi) is 5.62. The molecule has 1 amide bonds. The molecule has 0 radical (unpaired) electrons. The molecule has 0 fully saturated rings. The van der Waals surface area contributed by atoms with Crippen LogP contribution in [0.4, 0.5) is 5.69 Å². The topological polar surface area (TPSA) is 75.5 Å². The summed E-state index contributed by atoms with van der Waals surface area (Å²) in [6.07, 6.45) is 0. The fourth-order valence-corrected chi connectivity index (χ4v) is 2.71. The predicted octanol–water partition coefficient (Wildman–Crippen LogP) is 2.40. The third-order valence-corrected chi connectivity index (χ3v) is 3.96. The predicted molar refractivity (Wildman–Crippen MR) is 85.6 cm³/mol. The van der Waals surface area contributed by atoms with Crippen molar-refractivity contribution in [3.63, 3.8) is 0 Å². The van der Waals surface area contributed by atoms with Gasteiger partial charge in [-0.2, -0.15) is 0 Å². The summed E-state index contributed by atoms with van der Waals surface area (Å²) in [4.78, 5) is 25.3. The maximum Gasteiger partial charge on any atom is 0.273 e. The molecule has 0 aliphatic heterocycles. The first-order valence-electron chi connectivity index (χ1n) is 6.76. The number of thiophene rings is 1. The van der Waals surface area contributed by atoms with Crippen LogP contribution in [-0.2, 0) is 17.9 Å². The number of hydrogen-bond acceptors (Lipinski definition) is 5. The number of nitro groups is 1. The summed E-state index contributed by atoms with van der Waals surface area (Å²) in [5.41, 5.74) is 0.675. The van der Waals surface area contributed by atoms with Crippen LogP contribution in [0.5, 0.6) is 0 Å². The average molecular weight is 319 g/mol. The molecular weight excluding hydrogens is 302 g/mol. The molecule has 0 saturated carbocycles. The Morgan fingerprint density at radius 3 is 2.77 bits per heavy atom. The number of rotatable bonds is 7. The summed E-state index contributed by atoms with van der Waals surface area (Å²) in [6.45, 7) is 1.05. The van der Waals surface area contributed by atoms with Crippen molar-refractivity contribution in [2.24, 2.45) is 0 Å². The first-order chi connectivity index (χ1) is 10.6. The zero-order valence-corrected chi connectivity index (χ0v) is 13.0. The second-order valence-corrected chi connectivity index (χ2v) is 5.95. The van der Waals surface area contributed by atoms with Crippen molar-refractivity contribution in [1.82, 2.24) is 10.2 Å². The first kappa shape index (κ1) is 16.1. The number of nitro benzene ring substituents is 1. The van der Waals surface area contributed by atoms with Crippen LogP contribution in [0.25, 0.3) is 0 Å². The van der Waals surface area contributed by atoms with Crippen molar-refractivity contribution in [3.8, 4) is 0 Å². The maximum atomic E-state index is 11.9. The minimum absolute atomic E-state index is 0.0772. The normalized spacial score (nSPS) is 10.6. The van der Waals surface area contributed by atoms with Gasteiger partial charge in [-0.1, -0.05) is 24.3 Å². The summed E-state index contributed by atoms with van der Waals surface area (Å²) in [6, 6.07) is 10.5. The van der Waals surface area contributed by atoms with Gasteiger partial charge >= 0.3 is 0 Å². The summed E-state index contributed by atoms with van der Waals surface area (Å²) < 4.78 is 0. The van der Waals surface area contributed by atoms with Crippen molar-refractivity contribution < 1.29 is 9.72 Å². The van der Waals surface area contributed by atoms with Gasteiger partial charge in [-0.05, 0) is 18.5 Å². The average Bonchev–Trinajstić information content (AvgIpc) is 2.98. The molecule has 1 aromatic heterocycles. The van der Waals surface area contributed by atoms with E-state index in [1.54, 1.807) is 41.5 Å². The van der Waals surface area contributed by atoms with Crippen LogP contribution in [0.3, 0.4) is 0 Å². The third kappa shape index (κ3) is 4.64. The van der Waals surface area contributed by atoms with Crippen LogP contribution in [0.2, 0.25) is 0 Å². The molecule has 1 N–H and O–H groups in total. The van der Waals surface area contributed by atoms with Gasteiger partial charge in [0.2, 0.25) is 5.91 Å². The zero-order chi connectivity index (χ0) is 15.9. The van der Waals surface area contributed by atoms with Crippen molar-refractivity contribution in [2.45, 2.75) is 13.1 Å². The molecule has 1 aromatic carbocycles. The number of carbonyl (C=O) groups is 1. The summed E-state index contributed by atoms with van der Waals surface area (Å²) >= 11 is 1.59. The molecule has 1 heterocycles. The van der Waals surface area contributed by atoms with Gasteiger partial charge < -0.3 is 5.32 Å². The zero-order valence-electron chi connectivity index (χ0n) is 12.2. The molecule has 0 aliphatic rings. The number of hydrogen-bond donors (Lipinski definition) is 1. The number of nitrogens with zero attached hydrogens (tertiary/aromatic N) is 2. The fourth-order valence-electron chi connectivity index (χ4n) is 2.07. The number of amides is 1. The molecule has 2 aromatic rings. The van der Waals surface area contributed by atoms with Crippen molar-refractivity contribution >= 4 is 22.9 Å². The van der Waals surface area contributed by atoms with E-state index in [1.165, 1.54) is 6.07 Å². The lowest BCUT2D eigenvalue weighted by Crippen LogP contribution is -2.34. The fraction of sp³-hybridized carbons (Fsp3) is 0.267. The van der Waals surface area contributed by atoms with Crippen LogP contribution in [0.1, 0.15) is 10.4 Å². The number of nitrogens with one attached hydrogen (secondary N) is 1. The monoisotopic (exact) mass is 319 g/mol. The first-order valence-corrected chi connectivity index (χ1v) is 7.64. The standard InChI is InChI=1S/C15H17N3O3S/c1-17(10-12-5-2-3-7-14(12)18(20)21)11-15(19)16-9-13-6-4-8-22-13/h2-8H,9-11H2,1H3,(H,16,19). The Labute approximate surface area is 132 Å². The molecule has 116 valence electrons. The highest BCUT2D eigenvalue weighted by Gasteiger charge is 2.15. The number of benzene rings is 1. The van der Waals surface area contributed by atoms with Crippen LogP contribution < -0.4 is 5.32 Å². The number of likely N-dealkylation sites (N-methyl/N-ethyl adjacent to an activating group) is 1. The highest BCUT2D eigenvalue weighted by molar-refractivity contribution is 7.09. The highest BCUT2D eigenvalue weighted by Crippen LogP contribution is 2.18. The molecule has 2 rings (SSSR count). The summed E-state index contributed by atoms with van der Waals surface area (Å²) in [5, 5.41) is 15.8. The van der Waals surface area contributed by atoms with Crippen LogP contribution >= 0.6 is 11.3 Å². The minimum atomic E-state index is -0.403. The van der Waals surface area contributed by atoms with Gasteiger partial charge in [0, 0.05) is 23.1 Å². The third-order valence-electron chi connectivity index (χ3n) is 3.08. The lowest BCUT2D eigenvalue weighted by Gasteiger charge is -2.16. The summed E-state index contributed by atoms with van der Waals surface area (Å²) in [7, 11) is 1.77. The van der Waals surface area contributed by atoms with E-state index in [2.05, 4.69) is 5.32 Å². The van der Waals surface area contributed by atoms with E-state index in [9.17, 15) is 14.9 Å². The van der Waals surface area contributed by atoms with Gasteiger partial charge in [-0.25, -0.2) is 0 Å². The number of carbonyl (C=O) groups excluding carboxylic acids is 1. The molecule has 0 unspecified atom stereocenters. The van der Waals surface area contributed by atoms with Crippen LogP contribution in [0.15, 0.2) is 41.8 Å². The van der Waals surface area contributed by atoms with Gasteiger partial charge in [0.15, 0.2) is 0 Å². The van der Waals surface area contributed by atoms with E-state index >= 15 is 0 Å². The SMILES string of the molecule is CN(CC(=O)NCc1cccs1)Cc1ccccc1[N+](=O)[O-]. The van der Waals surface area contributed by atoms with E-state index in [4.69, 9.17) is 0 Å². The summed E-state index contributed by atoms with van der Waals surface area (Å²) in [5.74, 6) is -0.102. The van der Waals surface area contributed by atoms with E-state index in [1.807, 2.05) is 17.5 Å². The van der Waals surface area contributed by atoms with Gasteiger partial charge in [0.05, 0.1) is 18.0 Å². The molecule has 0 spiro atoms. The molecular formula is C15H17N3O3S. The quantitative estimate of drug-likeness (QED) is 0.628.